The number of amidine groups is 1. The Bertz CT molecular complexity index is 337. The first-order valence-corrected chi connectivity index (χ1v) is 5.22. The smallest absolute Gasteiger partial charge is 0.413 e. The van der Waals surface area contributed by atoms with Crippen LogP contribution >= 0.6 is 0 Å². The highest BCUT2D eigenvalue weighted by Crippen LogP contribution is 2.18. The third-order valence-corrected chi connectivity index (χ3v) is 2.61. The summed E-state index contributed by atoms with van der Waals surface area (Å²) in [6, 6.07) is 0. The minimum Gasteiger partial charge on any atom is -0.435 e. The summed E-state index contributed by atoms with van der Waals surface area (Å²) in [6.45, 7) is 3.58. The van der Waals surface area contributed by atoms with Gasteiger partial charge in [-0.25, -0.2) is 4.79 Å². The molecule has 1 heterocycles. The third-order valence-electron chi connectivity index (χ3n) is 2.61. The molecule has 1 saturated heterocycles. The molecule has 1 aliphatic heterocycles. The Hall–Kier alpha value is -1.39. The summed E-state index contributed by atoms with van der Waals surface area (Å²) in [4.78, 5) is 11.0. The van der Waals surface area contributed by atoms with Crippen LogP contribution in [0.15, 0.2) is 10.2 Å². The maximum Gasteiger partial charge on any atom is 0.413 e. The molecule has 1 amide bonds. The van der Waals surface area contributed by atoms with Gasteiger partial charge in [-0.05, 0) is 39.5 Å². The molecule has 5 heteroatoms. The van der Waals surface area contributed by atoms with Gasteiger partial charge in [-0.2, -0.15) is 5.10 Å². The molecule has 0 aromatic carbocycles. The first-order chi connectivity index (χ1) is 7.08. The van der Waals surface area contributed by atoms with E-state index in [4.69, 9.17) is 4.74 Å². The van der Waals surface area contributed by atoms with Gasteiger partial charge in [-0.3, -0.25) is 5.32 Å². The van der Waals surface area contributed by atoms with Crippen molar-refractivity contribution >= 4 is 17.6 Å². The predicted molar refractivity (Wildman–Crippen MR) is 57.0 cm³/mol. The normalized spacial score (nSPS) is 26.7. The minimum atomic E-state index is -0.681. The number of carbonyl (C=O) groups is 1. The van der Waals surface area contributed by atoms with Gasteiger partial charge in [0.2, 0.25) is 0 Å². The van der Waals surface area contributed by atoms with E-state index < -0.39 is 11.7 Å². The zero-order chi connectivity index (χ0) is 10.9. The summed E-state index contributed by atoms with van der Waals surface area (Å²) in [5.74, 6) is 0.492. The molecule has 0 aromatic rings. The number of nitrogens with zero attached hydrogens (tertiary/aromatic N) is 2. The van der Waals surface area contributed by atoms with Crippen LogP contribution in [0.2, 0.25) is 0 Å². The molecule has 2 rings (SSSR count). The Morgan fingerprint density at radius 2 is 1.93 bits per heavy atom. The van der Waals surface area contributed by atoms with Gasteiger partial charge in [0.05, 0.1) is 0 Å². The van der Waals surface area contributed by atoms with E-state index in [1.807, 2.05) is 0 Å². The van der Waals surface area contributed by atoms with E-state index in [2.05, 4.69) is 15.5 Å². The summed E-state index contributed by atoms with van der Waals surface area (Å²) in [6.07, 6.45) is 3.97. The molecule has 5 nitrogen and oxygen atoms in total. The van der Waals surface area contributed by atoms with Crippen LogP contribution in [0.1, 0.15) is 39.5 Å². The van der Waals surface area contributed by atoms with Gasteiger partial charge >= 0.3 is 6.09 Å². The van der Waals surface area contributed by atoms with Crippen LogP contribution in [0.25, 0.3) is 0 Å². The molecule has 0 spiro atoms. The zero-order valence-electron chi connectivity index (χ0n) is 9.04. The summed E-state index contributed by atoms with van der Waals surface area (Å²) < 4.78 is 5.03. The van der Waals surface area contributed by atoms with Crippen LogP contribution in [0, 0.1) is 0 Å². The lowest BCUT2D eigenvalue weighted by Crippen LogP contribution is -2.32. The number of nitrogens with one attached hydrogen (secondary N) is 1. The van der Waals surface area contributed by atoms with Crippen LogP contribution in [0.4, 0.5) is 4.79 Å². The maximum atomic E-state index is 11.0. The third kappa shape index (κ3) is 2.16. The molecule has 82 valence electrons. The Morgan fingerprint density at radius 3 is 2.47 bits per heavy atom. The average Bonchev–Trinajstić information content (AvgIpc) is 2.70. The summed E-state index contributed by atoms with van der Waals surface area (Å²) in [7, 11) is 0. The molecule has 0 aromatic heterocycles. The number of hydrogen-bond donors (Lipinski definition) is 1. The van der Waals surface area contributed by atoms with Crippen LogP contribution in [0.5, 0.6) is 0 Å². The molecule has 0 radical (unpaired) electrons. The topological polar surface area (TPSA) is 63.0 Å². The second-order valence-corrected chi connectivity index (χ2v) is 4.35. The van der Waals surface area contributed by atoms with E-state index >= 15 is 0 Å². The Labute approximate surface area is 88.6 Å². The number of amides is 1. The van der Waals surface area contributed by atoms with Crippen molar-refractivity contribution in [3.05, 3.63) is 0 Å². The van der Waals surface area contributed by atoms with Crippen LogP contribution in [-0.4, -0.2) is 23.2 Å². The Morgan fingerprint density at radius 1 is 1.27 bits per heavy atom. The quantitative estimate of drug-likeness (QED) is 0.669. The minimum absolute atomic E-state index is 0.453. The summed E-state index contributed by atoms with van der Waals surface area (Å²) in [5.41, 5.74) is 0.430. The van der Waals surface area contributed by atoms with Gasteiger partial charge in [-0.1, -0.05) is 0 Å². The highest BCUT2D eigenvalue weighted by Gasteiger charge is 2.38. The van der Waals surface area contributed by atoms with Gasteiger partial charge in [-0.15, -0.1) is 5.10 Å². The largest absolute Gasteiger partial charge is 0.435 e. The van der Waals surface area contributed by atoms with E-state index in [9.17, 15) is 4.79 Å². The number of ether oxygens (including phenoxy) is 1. The molecule has 2 aliphatic rings. The van der Waals surface area contributed by atoms with Crippen molar-refractivity contribution in [2.45, 2.75) is 45.1 Å². The van der Waals surface area contributed by atoms with Crippen LogP contribution in [0.3, 0.4) is 0 Å². The number of rotatable bonds is 1. The molecule has 2 fully saturated rings. The average molecular weight is 209 g/mol. The fraction of sp³-hybridized carbons (Fsp3) is 0.700. The molecule has 0 bridgehead atoms. The van der Waals surface area contributed by atoms with E-state index in [-0.39, 0.29) is 0 Å². The first-order valence-electron chi connectivity index (χ1n) is 5.22. The monoisotopic (exact) mass is 209 g/mol. The standard InChI is InChI=1S/C10H15N3O2/c1-10(2)8(11-9(14)15-10)13-12-7-5-3-4-6-7/h3-6H2,1-2H3,(H,11,13,14). The van der Waals surface area contributed by atoms with Crippen molar-refractivity contribution in [3.8, 4) is 0 Å². The lowest BCUT2D eigenvalue weighted by atomic mass is 10.1. The fourth-order valence-corrected chi connectivity index (χ4v) is 1.70. The van der Waals surface area contributed by atoms with Gasteiger partial charge in [0, 0.05) is 5.71 Å². The van der Waals surface area contributed by atoms with Crippen molar-refractivity contribution in [2.75, 3.05) is 0 Å². The number of cyclic esters (lactones) is 1. The van der Waals surface area contributed by atoms with Crippen molar-refractivity contribution in [3.63, 3.8) is 0 Å². The highest BCUT2D eigenvalue weighted by atomic mass is 16.6. The molecule has 15 heavy (non-hydrogen) atoms. The van der Waals surface area contributed by atoms with Gasteiger partial charge in [0.25, 0.3) is 0 Å². The molecular weight excluding hydrogens is 194 g/mol. The second-order valence-electron chi connectivity index (χ2n) is 4.35. The molecule has 1 aliphatic carbocycles. The van der Waals surface area contributed by atoms with Crippen LogP contribution < -0.4 is 5.32 Å². The molecule has 1 saturated carbocycles. The Kier molecular flexibility index (Phi) is 2.46. The lowest BCUT2D eigenvalue weighted by molar-refractivity contribution is 0.109. The maximum absolute atomic E-state index is 11.0. The molecule has 0 atom stereocenters. The highest BCUT2D eigenvalue weighted by molar-refractivity contribution is 6.05. The van der Waals surface area contributed by atoms with E-state index in [1.54, 1.807) is 13.8 Å². The number of carbonyl (C=O) groups excluding carboxylic acids is 1. The number of alkyl carbamates (subject to hydrolysis) is 1. The van der Waals surface area contributed by atoms with E-state index in [1.165, 1.54) is 12.8 Å². The van der Waals surface area contributed by atoms with Gasteiger partial charge in [0.15, 0.2) is 11.4 Å². The zero-order valence-corrected chi connectivity index (χ0v) is 9.04. The predicted octanol–water partition coefficient (Wildman–Crippen LogP) is 1.83. The summed E-state index contributed by atoms with van der Waals surface area (Å²) >= 11 is 0. The van der Waals surface area contributed by atoms with Crippen molar-refractivity contribution < 1.29 is 9.53 Å². The molecular formula is C10H15N3O2. The van der Waals surface area contributed by atoms with Gasteiger partial charge < -0.3 is 4.74 Å². The van der Waals surface area contributed by atoms with Gasteiger partial charge in [0.1, 0.15) is 0 Å². The Balaban J connectivity index is 2.12. The fourth-order valence-electron chi connectivity index (χ4n) is 1.70. The van der Waals surface area contributed by atoms with Crippen molar-refractivity contribution in [1.82, 2.24) is 5.32 Å². The van der Waals surface area contributed by atoms with E-state index in [0.29, 0.717) is 5.84 Å². The summed E-state index contributed by atoms with van der Waals surface area (Å²) in [5, 5.41) is 10.8. The SMILES string of the molecule is CC1(C)OC(=O)N/C1=N/N=C1CCCC1. The van der Waals surface area contributed by atoms with Crippen molar-refractivity contribution in [2.24, 2.45) is 10.2 Å². The van der Waals surface area contributed by atoms with E-state index in [0.717, 1.165) is 18.6 Å². The lowest BCUT2D eigenvalue weighted by Gasteiger charge is -2.13. The number of hydrogen-bond acceptors (Lipinski definition) is 4. The van der Waals surface area contributed by atoms with Crippen molar-refractivity contribution in [1.29, 1.82) is 0 Å². The molecule has 0 unspecified atom stereocenters. The first kappa shape index (κ1) is 10.1. The molecule has 1 N–H and O–H groups in total. The second kappa shape index (κ2) is 3.64. The van der Waals surface area contributed by atoms with Crippen LogP contribution in [-0.2, 0) is 4.74 Å².